The van der Waals surface area contributed by atoms with Crippen molar-refractivity contribution in [3.8, 4) is 0 Å². The van der Waals surface area contributed by atoms with Gasteiger partial charge in [0.1, 0.15) is 0 Å². The molecule has 3 atom stereocenters. The normalized spacial score (nSPS) is 43.6. The van der Waals surface area contributed by atoms with Crippen LogP contribution in [0.15, 0.2) is 0 Å². The molecule has 0 bridgehead atoms. The summed E-state index contributed by atoms with van der Waals surface area (Å²) in [6.45, 7) is 2.10. The van der Waals surface area contributed by atoms with Crippen LogP contribution in [0.25, 0.3) is 0 Å². The van der Waals surface area contributed by atoms with Crippen molar-refractivity contribution in [2.45, 2.75) is 38.1 Å². The van der Waals surface area contributed by atoms with Gasteiger partial charge in [-0.3, -0.25) is 0 Å². The molecule has 1 saturated carbocycles. The highest BCUT2D eigenvalue weighted by Gasteiger charge is 2.27. The molecule has 0 amide bonds. The lowest BCUT2D eigenvalue weighted by molar-refractivity contribution is 0.131. The first kappa shape index (κ1) is 7.14. The summed E-state index contributed by atoms with van der Waals surface area (Å²) in [6.07, 6.45) is 2.76. The Morgan fingerprint density at radius 3 is 2.44 bits per heavy atom. The van der Waals surface area contributed by atoms with Crippen LogP contribution in [-0.4, -0.2) is 19.1 Å². The van der Waals surface area contributed by atoms with Gasteiger partial charge in [0, 0.05) is 0 Å². The Balaban J connectivity index is 2.38. The second kappa shape index (κ2) is 2.74. The molecule has 1 aliphatic rings. The number of hydrogen-bond acceptors (Lipinski definition) is 1. The van der Waals surface area contributed by atoms with E-state index in [4.69, 9.17) is 7.85 Å². The summed E-state index contributed by atoms with van der Waals surface area (Å²) in [5.74, 6) is 0.727. The summed E-state index contributed by atoms with van der Waals surface area (Å²) in [5, 5.41) is 9.28. The van der Waals surface area contributed by atoms with Crippen LogP contribution < -0.4 is 0 Å². The minimum Gasteiger partial charge on any atom is -0.393 e. The van der Waals surface area contributed by atoms with Gasteiger partial charge in [0.15, 0.2) is 0 Å². The van der Waals surface area contributed by atoms with E-state index in [1.165, 1.54) is 0 Å². The topological polar surface area (TPSA) is 20.2 Å². The van der Waals surface area contributed by atoms with E-state index in [2.05, 4.69) is 6.92 Å². The summed E-state index contributed by atoms with van der Waals surface area (Å²) >= 11 is 0. The first-order chi connectivity index (χ1) is 4.24. The summed E-state index contributed by atoms with van der Waals surface area (Å²) in [6, 6.07) is 0. The zero-order valence-corrected chi connectivity index (χ0v) is 5.88. The standard InChI is InChI=1S/C7H13BO/c1-2-5-3-6(8)4-7(5)9/h5-7,9H,2-4H2,1H3/t5-,6+,7-/m0/s1. The van der Waals surface area contributed by atoms with Gasteiger partial charge in [-0.15, -0.1) is 0 Å². The summed E-state index contributed by atoms with van der Waals surface area (Å²) < 4.78 is 0. The van der Waals surface area contributed by atoms with Gasteiger partial charge >= 0.3 is 0 Å². The molecule has 0 aromatic carbocycles. The average molecular weight is 124 g/mol. The highest BCUT2D eigenvalue weighted by atomic mass is 16.3. The molecule has 2 heteroatoms. The van der Waals surface area contributed by atoms with E-state index >= 15 is 0 Å². The predicted molar refractivity (Wildman–Crippen MR) is 38.5 cm³/mol. The highest BCUT2D eigenvalue weighted by molar-refractivity contribution is 6.11. The fourth-order valence-electron chi connectivity index (χ4n) is 1.58. The number of hydrogen-bond donors (Lipinski definition) is 1. The van der Waals surface area contributed by atoms with Crippen molar-refractivity contribution >= 4 is 7.85 Å². The van der Waals surface area contributed by atoms with Crippen molar-refractivity contribution in [3.05, 3.63) is 0 Å². The molecule has 0 spiro atoms. The van der Waals surface area contributed by atoms with Crippen LogP contribution in [0.2, 0.25) is 5.82 Å². The van der Waals surface area contributed by atoms with Gasteiger partial charge in [0.25, 0.3) is 0 Å². The molecule has 1 fully saturated rings. The minimum absolute atomic E-state index is 0.120. The molecular weight excluding hydrogens is 111 g/mol. The van der Waals surface area contributed by atoms with Gasteiger partial charge in [-0.25, -0.2) is 0 Å². The third-order valence-electron chi connectivity index (χ3n) is 2.22. The van der Waals surface area contributed by atoms with Crippen molar-refractivity contribution in [2.75, 3.05) is 0 Å². The lowest BCUT2D eigenvalue weighted by atomic mass is 9.85. The molecule has 50 valence electrons. The van der Waals surface area contributed by atoms with Gasteiger partial charge in [0.05, 0.1) is 14.0 Å². The van der Waals surface area contributed by atoms with Crippen LogP contribution in [0.3, 0.4) is 0 Å². The molecule has 1 rings (SSSR count). The van der Waals surface area contributed by atoms with E-state index in [0.717, 1.165) is 19.3 Å². The molecule has 0 aromatic heterocycles. The van der Waals surface area contributed by atoms with Gasteiger partial charge in [-0.1, -0.05) is 25.6 Å². The summed E-state index contributed by atoms with van der Waals surface area (Å²) in [7, 11) is 5.63. The summed E-state index contributed by atoms with van der Waals surface area (Å²) in [5.41, 5.74) is 0. The molecule has 1 N–H and O–H groups in total. The Morgan fingerprint density at radius 1 is 1.56 bits per heavy atom. The molecule has 0 aliphatic heterocycles. The molecule has 1 nitrogen and oxygen atoms in total. The van der Waals surface area contributed by atoms with Crippen molar-refractivity contribution in [1.29, 1.82) is 0 Å². The fourth-order valence-corrected chi connectivity index (χ4v) is 1.58. The molecule has 0 aromatic rings. The number of rotatable bonds is 1. The Labute approximate surface area is 57.9 Å². The zero-order chi connectivity index (χ0) is 6.85. The van der Waals surface area contributed by atoms with E-state index in [1.807, 2.05) is 0 Å². The molecule has 1 aliphatic carbocycles. The van der Waals surface area contributed by atoms with Crippen LogP contribution in [0.4, 0.5) is 0 Å². The van der Waals surface area contributed by atoms with E-state index in [-0.39, 0.29) is 11.9 Å². The maximum absolute atomic E-state index is 9.28. The van der Waals surface area contributed by atoms with Gasteiger partial charge in [0.2, 0.25) is 0 Å². The van der Waals surface area contributed by atoms with Gasteiger partial charge in [-0.2, -0.15) is 0 Å². The van der Waals surface area contributed by atoms with Crippen molar-refractivity contribution in [3.63, 3.8) is 0 Å². The maximum Gasteiger partial charge on any atom is 0.0700 e. The number of aliphatic hydroxyl groups excluding tert-OH is 1. The average Bonchev–Trinajstić information content (AvgIpc) is 2.10. The van der Waals surface area contributed by atoms with Crippen LogP contribution in [0.1, 0.15) is 26.2 Å². The summed E-state index contributed by atoms with van der Waals surface area (Å²) in [4.78, 5) is 0. The Bertz CT molecular complexity index is 94.9. The van der Waals surface area contributed by atoms with Crippen molar-refractivity contribution in [1.82, 2.24) is 0 Å². The molecule has 0 saturated heterocycles. The Morgan fingerprint density at radius 2 is 2.22 bits per heavy atom. The minimum atomic E-state index is -0.120. The smallest absolute Gasteiger partial charge is 0.0700 e. The van der Waals surface area contributed by atoms with Crippen molar-refractivity contribution < 1.29 is 5.11 Å². The third-order valence-corrected chi connectivity index (χ3v) is 2.22. The third kappa shape index (κ3) is 1.48. The molecule has 0 heterocycles. The van der Waals surface area contributed by atoms with Crippen molar-refractivity contribution in [2.24, 2.45) is 5.92 Å². The number of aliphatic hydroxyl groups is 1. The lowest BCUT2D eigenvalue weighted by Crippen LogP contribution is -2.10. The highest BCUT2D eigenvalue weighted by Crippen LogP contribution is 2.34. The second-order valence-electron chi connectivity index (χ2n) is 2.97. The SMILES string of the molecule is [B][C@@H]1C[C@H](CC)[C@@H](O)C1. The Hall–Kier alpha value is 0.0249. The van der Waals surface area contributed by atoms with Crippen LogP contribution >= 0.6 is 0 Å². The van der Waals surface area contributed by atoms with E-state index in [1.54, 1.807) is 0 Å². The molecule has 9 heavy (non-hydrogen) atoms. The Kier molecular flexibility index (Phi) is 2.17. The van der Waals surface area contributed by atoms with E-state index < -0.39 is 0 Å². The maximum atomic E-state index is 9.28. The molecule has 2 radical (unpaired) electrons. The zero-order valence-electron chi connectivity index (χ0n) is 5.88. The van der Waals surface area contributed by atoms with Crippen LogP contribution in [-0.2, 0) is 0 Å². The van der Waals surface area contributed by atoms with Crippen LogP contribution in [0.5, 0.6) is 0 Å². The monoisotopic (exact) mass is 124 g/mol. The van der Waals surface area contributed by atoms with E-state index in [9.17, 15) is 5.11 Å². The fraction of sp³-hybridized carbons (Fsp3) is 1.00. The van der Waals surface area contributed by atoms with Gasteiger partial charge in [-0.05, 0) is 12.3 Å². The lowest BCUT2D eigenvalue weighted by Gasteiger charge is -2.09. The van der Waals surface area contributed by atoms with Gasteiger partial charge < -0.3 is 5.11 Å². The van der Waals surface area contributed by atoms with Crippen LogP contribution in [0, 0.1) is 5.92 Å². The first-order valence-electron chi connectivity index (χ1n) is 3.67. The molecular formula is C7H13BO. The quantitative estimate of drug-likeness (QED) is 0.519. The van der Waals surface area contributed by atoms with E-state index in [0.29, 0.717) is 5.92 Å². The molecule has 0 unspecified atom stereocenters. The largest absolute Gasteiger partial charge is 0.393 e. The first-order valence-corrected chi connectivity index (χ1v) is 3.67. The second-order valence-corrected chi connectivity index (χ2v) is 2.97. The predicted octanol–water partition coefficient (Wildman–Crippen LogP) is 1.12.